The van der Waals surface area contributed by atoms with Crippen LogP contribution in [-0.2, 0) is 60.7 Å². The van der Waals surface area contributed by atoms with Gasteiger partial charge >= 0.3 is 18.0 Å². The lowest BCUT2D eigenvalue weighted by Gasteiger charge is -2.41. The Morgan fingerprint density at radius 1 is 0.868 bits per heavy atom. The van der Waals surface area contributed by atoms with Crippen LogP contribution in [0.1, 0.15) is 108 Å². The summed E-state index contributed by atoms with van der Waals surface area (Å²) in [5.74, 6) is -7.15. The molecule has 4 rings (SSSR count). The largest absolute Gasteiger partial charge is 0.480 e. The number of aliphatic hydroxyl groups excluding tert-OH is 1. The maximum absolute atomic E-state index is 14.7. The molecule has 2 aliphatic rings. The first-order valence-electron chi connectivity index (χ1n) is 25.9. The Kier molecular flexibility index (Phi) is 23.5. The number of carbonyl (C=O) groups excluding carboxylic acids is 6. The van der Waals surface area contributed by atoms with Crippen molar-refractivity contribution in [2.24, 2.45) is 29.4 Å². The smallest absolute Gasteiger partial charge is 0.410 e. The molecule has 2 saturated heterocycles. The van der Waals surface area contributed by atoms with E-state index in [4.69, 9.17) is 29.4 Å². The number of methoxy groups -OCH3 is 2. The quantitative estimate of drug-likeness (QED) is 0.0745. The lowest BCUT2D eigenvalue weighted by Crippen LogP contribution is -2.60. The van der Waals surface area contributed by atoms with Gasteiger partial charge in [0, 0.05) is 65.2 Å². The second-order valence-electron chi connectivity index (χ2n) is 20.6. The average molecular weight is 1070 g/mol. The first-order valence-corrected chi connectivity index (χ1v) is 25.9. The molecule has 12 atom stereocenters. The lowest BCUT2D eigenvalue weighted by molar-refractivity contribution is -0.195. The predicted octanol–water partition coefficient (Wildman–Crippen LogP) is 3.58. The van der Waals surface area contributed by atoms with Crippen LogP contribution < -0.4 is 21.1 Å². The van der Waals surface area contributed by atoms with Crippen LogP contribution in [0.3, 0.4) is 0 Å². The first kappa shape index (κ1) is 62.2. The van der Waals surface area contributed by atoms with Crippen molar-refractivity contribution in [2.45, 2.75) is 161 Å². The van der Waals surface area contributed by atoms with Gasteiger partial charge in [0.05, 0.1) is 42.7 Å². The molecule has 7 N–H and O–H groups in total. The van der Waals surface area contributed by atoms with Crippen LogP contribution in [0.2, 0.25) is 0 Å². The summed E-state index contributed by atoms with van der Waals surface area (Å²) in [4.78, 5) is 111. The van der Waals surface area contributed by atoms with Crippen molar-refractivity contribution in [2.75, 3.05) is 34.9 Å². The molecule has 2 fully saturated rings. The van der Waals surface area contributed by atoms with Crippen molar-refractivity contribution < 1.29 is 77.4 Å². The van der Waals surface area contributed by atoms with Gasteiger partial charge in [-0.05, 0) is 54.4 Å². The number of likely N-dealkylation sites (N-methyl/N-ethyl adjacent to an activating group) is 2. The zero-order valence-corrected chi connectivity index (χ0v) is 45.6. The highest BCUT2D eigenvalue weighted by molar-refractivity contribution is 5.93. The van der Waals surface area contributed by atoms with Crippen molar-refractivity contribution in [3.8, 4) is 5.75 Å². The van der Waals surface area contributed by atoms with Crippen LogP contribution in [0, 0.1) is 23.7 Å². The van der Waals surface area contributed by atoms with E-state index in [1.54, 1.807) is 70.8 Å². The zero-order chi connectivity index (χ0) is 56.7. The van der Waals surface area contributed by atoms with Crippen LogP contribution >= 0.6 is 0 Å². The molecule has 22 nitrogen and oxygen atoms in total. The number of hydrogen-bond acceptors (Lipinski definition) is 14. The molecule has 0 aliphatic carbocycles. The third kappa shape index (κ3) is 16.3. The van der Waals surface area contributed by atoms with E-state index in [9.17, 15) is 53.7 Å². The number of hydrogen-bond donors (Lipinski definition) is 6. The number of rotatable bonds is 27. The zero-order valence-electron chi connectivity index (χ0n) is 45.6. The summed E-state index contributed by atoms with van der Waals surface area (Å²) >= 11 is 0. The van der Waals surface area contributed by atoms with E-state index in [2.05, 4.69) is 10.6 Å². The van der Waals surface area contributed by atoms with E-state index in [-0.39, 0.29) is 54.4 Å². The summed E-state index contributed by atoms with van der Waals surface area (Å²) in [6.45, 7) is 12.4. The van der Waals surface area contributed by atoms with E-state index in [1.807, 2.05) is 19.9 Å². The molecule has 2 aromatic carbocycles. The maximum Gasteiger partial charge on any atom is 0.410 e. The molecule has 0 radical (unpaired) electrons. The number of carboxylic acids is 2. The maximum atomic E-state index is 14.7. The number of aliphatic carboxylic acids is 2. The average Bonchev–Trinajstić information content (AvgIpc) is 3.86. The Morgan fingerprint density at radius 2 is 1.54 bits per heavy atom. The fourth-order valence-electron chi connectivity index (χ4n) is 10.1. The Labute approximate surface area is 445 Å². The molecule has 0 spiro atoms. The third-order valence-electron chi connectivity index (χ3n) is 14.5. The molecule has 7 unspecified atom stereocenters. The topological polar surface area (TPSA) is 303 Å². The lowest BCUT2D eigenvalue weighted by atomic mass is 9.89. The molecule has 22 heteroatoms. The number of ether oxygens (including phenoxy) is 5. The highest BCUT2D eigenvalue weighted by Crippen LogP contribution is 2.31. The van der Waals surface area contributed by atoms with Gasteiger partial charge in [-0.25, -0.2) is 14.4 Å². The number of nitrogens with zero attached hydrogens (tertiary/aromatic N) is 3. The van der Waals surface area contributed by atoms with Gasteiger partial charge in [-0.3, -0.25) is 28.9 Å². The Morgan fingerprint density at radius 3 is 2.11 bits per heavy atom. The Bertz CT molecular complexity index is 2320. The van der Waals surface area contributed by atoms with Crippen LogP contribution in [-0.4, -0.2) is 173 Å². The molecule has 422 valence electrons. The Balaban J connectivity index is 1.48. The van der Waals surface area contributed by atoms with E-state index in [0.29, 0.717) is 25.8 Å². The second-order valence-corrected chi connectivity index (χ2v) is 20.6. The third-order valence-corrected chi connectivity index (χ3v) is 14.5. The van der Waals surface area contributed by atoms with Crippen LogP contribution in [0.4, 0.5) is 4.79 Å². The minimum absolute atomic E-state index is 0.0472. The predicted molar refractivity (Wildman–Crippen MR) is 276 cm³/mol. The number of amides is 6. The summed E-state index contributed by atoms with van der Waals surface area (Å²) in [6.07, 6.45) is -4.64. The molecule has 2 aromatic rings. The summed E-state index contributed by atoms with van der Waals surface area (Å²) in [5.41, 5.74) is 6.47. The summed E-state index contributed by atoms with van der Waals surface area (Å²) in [7, 11) is 5.88. The van der Waals surface area contributed by atoms with Crippen molar-refractivity contribution >= 4 is 47.6 Å². The summed E-state index contributed by atoms with van der Waals surface area (Å²) < 4.78 is 29.0. The molecule has 6 amide bonds. The van der Waals surface area contributed by atoms with Gasteiger partial charge in [-0.1, -0.05) is 85.2 Å². The van der Waals surface area contributed by atoms with Crippen LogP contribution in [0.15, 0.2) is 48.5 Å². The fraction of sp³-hybridized carbons (Fsp3) is 0.630. The van der Waals surface area contributed by atoms with Gasteiger partial charge in [-0.2, -0.15) is 0 Å². The number of nitrogens with one attached hydrogen (secondary N) is 2. The minimum atomic E-state index is -1.34. The van der Waals surface area contributed by atoms with Gasteiger partial charge in [0.15, 0.2) is 6.10 Å². The molecule has 2 aliphatic heterocycles. The second kappa shape index (κ2) is 28.7. The number of carbonyl (C=O) groups is 8. The number of nitrogens with two attached hydrogens (primary N) is 1. The molecule has 76 heavy (non-hydrogen) atoms. The number of aliphatic hydroxyl groups is 1. The SMILES string of the molecule is CCC(C)[C@@H]([C@@H](CC(=O)N1CCCC1C(OC)[C@@H](C)C(=O)NC(Cc1ccccc1)C(=O)O)OC)N(C)C(=O)[C@@H](NC(=O)C(C(C)C)N(C)C(=O)OCc1cc(C(N)=O)ccc1OC1CC(O)C[C@@H](C(=O)O)O1)C(C)C. The van der Waals surface area contributed by atoms with E-state index >= 15 is 0 Å². The van der Waals surface area contributed by atoms with Gasteiger partial charge < -0.3 is 65.2 Å². The van der Waals surface area contributed by atoms with Crippen molar-refractivity contribution in [1.82, 2.24) is 25.3 Å². The number of primary amides is 1. The van der Waals surface area contributed by atoms with Gasteiger partial charge in [0.25, 0.3) is 0 Å². The Hall–Kier alpha value is -6.36. The normalized spacial score (nSPS) is 20.7. The minimum Gasteiger partial charge on any atom is -0.480 e. The van der Waals surface area contributed by atoms with Gasteiger partial charge in [0.1, 0.15) is 30.5 Å². The highest BCUT2D eigenvalue weighted by Gasteiger charge is 2.44. The van der Waals surface area contributed by atoms with Gasteiger partial charge in [-0.15, -0.1) is 0 Å². The van der Waals surface area contributed by atoms with Crippen LogP contribution in [0.5, 0.6) is 5.75 Å². The molecule has 2 heterocycles. The highest BCUT2D eigenvalue weighted by atomic mass is 16.7. The molecular weight excluding hydrogens is 989 g/mol. The standard InChI is InChI=1S/C54H80N6O16/c1-12-31(6)46(40(72-10)27-42(62)60-22-16-19-38(60)47(73-11)32(7)49(64)56-37(52(67)68)23-33-17-14-13-15-18-33)58(8)51(66)44(29(2)3)57-50(65)45(30(4)5)59(9)54(71)74-28-35-24-34(48(55)63)20-21-39(35)75-43-26-36(61)25-41(76-43)53(69)70/h13-15,17-18,20-21,24,29-32,36-38,40-41,43-47,61H,12,16,19,22-23,25-28H2,1-11H3,(H2,55,63)(H,56,64)(H,57,65)(H,67,68)(H,69,70)/t31?,32-,36?,37?,38?,40-,41+,43?,44+,45?,46+,47?/m1/s1. The molecule has 0 bridgehead atoms. The number of benzene rings is 2. The molecule has 0 aromatic heterocycles. The van der Waals surface area contributed by atoms with Crippen LogP contribution in [0.25, 0.3) is 0 Å². The number of likely N-dealkylation sites (tertiary alicyclic amines) is 1. The van der Waals surface area contributed by atoms with Crippen molar-refractivity contribution in [1.29, 1.82) is 0 Å². The fourth-order valence-corrected chi connectivity index (χ4v) is 10.1. The molecule has 0 saturated carbocycles. The first-order chi connectivity index (χ1) is 35.8. The molecular formula is C54H80N6O16. The summed E-state index contributed by atoms with van der Waals surface area (Å²) in [5, 5.41) is 35.3. The number of carboxylic acid groups (broad SMARTS) is 2. The van der Waals surface area contributed by atoms with Gasteiger partial charge in [0.2, 0.25) is 35.8 Å². The van der Waals surface area contributed by atoms with E-state index < -0.39 is 127 Å². The summed E-state index contributed by atoms with van der Waals surface area (Å²) in [6, 6.07) is 8.37. The monoisotopic (exact) mass is 1070 g/mol. The van der Waals surface area contributed by atoms with Crippen molar-refractivity contribution in [3.63, 3.8) is 0 Å². The van der Waals surface area contributed by atoms with E-state index in [0.717, 1.165) is 10.5 Å². The van der Waals surface area contributed by atoms with E-state index in [1.165, 1.54) is 44.4 Å². The van der Waals surface area contributed by atoms with Crippen molar-refractivity contribution in [3.05, 3.63) is 65.2 Å².